The third-order valence-corrected chi connectivity index (χ3v) is 8.78. The summed E-state index contributed by atoms with van der Waals surface area (Å²) in [5, 5.41) is 24.1. The highest BCUT2D eigenvalue weighted by Gasteiger charge is 2.49. The number of carbonyl (C=O) groups excluding carboxylic acids is 3. The number of carbonyl (C=O) groups is 4. The maximum Gasteiger partial charge on any atom is 0.326 e. The highest BCUT2D eigenvalue weighted by Crippen LogP contribution is 2.46. The van der Waals surface area contributed by atoms with Gasteiger partial charge in [-0.2, -0.15) is 0 Å². The summed E-state index contributed by atoms with van der Waals surface area (Å²) < 4.78 is 32.5. The molecule has 3 aromatic carbocycles. The van der Waals surface area contributed by atoms with Gasteiger partial charge in [0.2, 0.25) is 11.8 Å². The Morgan fingerprint density at radius 3 is 2.19 bits per heavy atom. The molecule has 250 valence electrons. The van der Waals surface area contributed by atoms with Crippen molar-refractivity contribution in [2.24, 2.45) is 5.73 Å². The van der Waals surface area contributed by atoms with Crippen LogP contribution in [-0.2, 0) is 19.2 Å². The molecule has 1 aliphatic rings. The number of benzene rings is 3. The second kappa shape index (κ2) is 16.9. The average molecular weight is 671 g/mol. The summed E-state index contributed by atoms with van der Waals surface area (Å²) >= 11 is 1.26. The summed E-state index contributed by atoms with van der Waals surface area (Å²) in [7, 11) is 0. The predicted molar refractivity (Wildman–Crippen MR) is 172 cm³/mol. The number of aliphatic hydroxyl groups excluding tert-OH is 1. The van der Waals surface area contributed by atoms with Crippen LogP contribution in [0.25, 0.3) is 0 Å². The van der Waals surface area contributed by atoms with Gasteiger partial charge in [0.05, 0.1) is 18.7 Å². The third-order valence-electron chi connectivity index (χ3n) is 7.46. The van der Waals surface area contributed by atoms with Crippen LogP contribution in [0, 0.1) is 11.6 Å². The molecule has 47 heavy (non-hydrogen) atoms. The summed E-state index contributed by atoms with van der Waals surface area (Å²) in [4.78, 5) is 50.6. The Bertz CT molecular complexity index is 1530. The van der Waals surface area contributed by atoms with Crippen molar-refractivity contribution in [2.45, 2.75) is 42.7 Å². The zero-order valence-corrected chi connectivity index (χ0v) is 26.1. The minimum absolute atomic E-state index is 0.176. The van der Waals surface area contributed by atoms with E-state index in [0.29, 0.717) is 36.4 Å². The molecule has 4 atom stereocenters. The van der Waals surface area contributed by atoms with E-state index in [1.165, 1.54) is 60.3 Å². The van der Waals surface area contributed by atoms with E-state index in [4.69, 9.17) is 10.5 Å². The largest absolute Gasteiger partial charge is 0.484 e. The first kappa shape index (κ1) is 35.3. The fraction of sp³-hybridized carbons (Fsp3) is 0.333. The molecule has 1 fully saturated rings. The number of thioether (sulfide) groups is 1. The van der Waals surface area contributed by atoms with Crippen molar-refractivity contribution in [3.05, 3.63) is 95.6 Å². The molecule has 6 N–H and O–H groups in total. The minimum atomic E-state index is -1.17. The van der Waals surface area contributed by atoms with Crippen molar-refractivity contribution >= 4 is 41.1 Å². The summed E-state index contributed by atoms with van der Waals surface area (Å²) in [5.41, 5.74) is 7.18. The van der Waals surface area contributed by atoms with Crippen LogP contribution in [0.15, 0.2) is 72.8 Å². The summed E-state index contributed by atoms with van der Waals surface area (Å²) in [5.74, 6) is -2.99. The lowest BCUT2D eigenvalue weighted by atomic mass is 9.92. The van der Waals surface area contributed by atoms with Crippen LogP contribution < -0.4 is 26.0 Å². The number of amides is 3. The molecule has 0 aromatic heterocycles. The number of carboxylic acid groups (broad SMARTS) is 1. The molecule has 3 amide bonds. The average Bonchev–Trinajstić information content (AvgIpc) is 3.06. The lowest BCUT2D eigenvalue weighted by molar-refractivity contribution is -0.142. The van der Waals surface area contributed by atoms with Crippen LogP contribution in [0.4, 0.5) is 14.5 Å². The molecule has 0 bridgehead atoms. The monoisotopic (exact) mass is 670 g/mol. The number of hydrogen-bond acceptors (Lipinski definition) is 8. The van der Waals surface area contributed by atoms with E-state index >= 15 is 0 Å². The summed E-state index contributed by atoms with van der Waals surface area (Å²) in [6, 6.07) is 16.2. The van der Waals surface area contributed by atoms with Gasteiger partial charge in [-0.05, 0) is 85.5 Å². The van der Waals surface area contributed by atoms with Crippen molar-refractivity contribution in [1.82, 2.24) is 10.6 Å². The number of rotatable bonds is 17. The van der Waals surface area contributed by atoms with Gasteiger partial charge in [-0.1, -0.05) is 24.3 Å². The van der Waals surface area contributed by atoms with E-state index in [1.807, 2.05) is 0 Å². The van der Waals surface area contributed by atoms with Crippen molar-refractivity contribution < 1.29 is 42.9 Å². The van der Waals surface area contributed by atoms with Gasteiger partial charge in [-0.15, -0.1) is 11.8 Å². The second-order valence-corrected chi connectivity index (χ2v) is 12.0. The first-order chi connectivity index (χ1) is 22.6. The molecule has 0 saturated carbocycles. The van der Waals surface area contributed by atoms with Crippen molar-refractivity contribution in [3.8, 4) is 5.75 Å². The molecule has 11 nitrogen and oxygen atoms in total. The van der Waals surface area contributed by atoms with Gasteiger partial charge in [-0.3, -0.25) is 14.4 Å². The van der Waals surface area contributed by atoms with Gasteiger partial charge in [-0.25, -0.2) is 13.6 Å². The Morgan fingerprint density at radius 1 is 0.936 bits per heavy atom. The smallest absolute Gasteiger partial charge is 0.326 e. The first-order valence-corrected chi connectivity index (χ1v) is 16.0. The lowest BCUT2D eigenvalue weighted by Crippen LogP contribution is -2.57. The minimum Gasteiger partial charge on any atom is -0.484 e. The van der Waals surface area contributed by atoms with Crippen LogP contribution >= 0.6 is 11.8 Å². The maximum absolute atomic E-state index is 13.6. The summed E-state index contributed by atoms with van der Waals surface area (Å²) in [6.07, 6.45) is 0.456. The van der Waals surface area contributed by atoms with Gasteiger partial charge in [0.15, 0.2) is 6.61 Å². The van der Waals surface area contributed by atoms with Crippen molar-refractivity contribution in [2.75, 3.05) is 30.3 Å². The SMILES string of the molecule is NCCCC[C@@H](NC(=O)CNC(=O)COc1ccc(C2[C@@H](SC[C@H](O)c3ccc(F)cc3)C(=O)N2c2ccc(F)cc2)cc1)C(=O)O. The van der Waals surface area contributed by atoms with Gasteiger partial charge in [0, 0.05) is 11.4 Å². The molecule has 0 radical (unpaired) electrons. The number of nitrogens with one attached hydrogen (secondary N) is 2. The van der Waals surface area contributed by atoms with E-state index in [1.54, 1.807) is 29.2 Å². The van der Waals surface area contributed by atoms with Crippen LogP contribution in [0.3, 0.4) is 0 Å². The van der Waals surface area contributed by atoms with E-state index in [2.05, 4.69) is 10.6 Å². The number of anilines is 1. The highest BCUT2D eigenvalue weighted by molar-refractivity contribution is 8.00. The molecular weight excluding hydrogens is 634 g/mol. The molecule has 1 unspecified atom stereocenters. The van der Waals surface area contributed by atoms with Gasteiger partial charge < -0.3 is 36.2 Å². The van der Waals surface area contributed by atoms with E-state index in [9.17, 15) is 38.2 Å². The standard InChI is InChI=1S/C33H36F2N4O7S/c34-22-8-4-20(5-9-22)27(40)19-47-31-30(39(32(31)43)24-12-10-23(35)11-13-24)21-6-14-25(15-7-21)46-18-29(42)37-17-28(41)38-26(33(44)45)3-1-2-16-36/h4-15,26-27,30-31,40H,1-3,16-19,36H2,(H,37,42)(H,38,41)(H,44,45)/t26-,27+,30?,31-/m1/s1. The van der Waals surface area contributed by atoms with Crippen LogP contribution in [-0.4, -0.2) is 70.6 Å². The van der Waals surface area contributed by atoms with Gasteiger partial charge in [0.1, 0.15) is 28.7 Å². The number of nitrogens with two attached hydrogens (primary N) is 1. The van der Waals surface area contributed by atoms with E-state index in [0.717, 1.165) is 5.56 Å². The zero-order chi connectivity index (χ0) is 33.9. The van der Waals surface area contributed by atoms with Gasteiger partial charge in [0.25, 0.3) is 5.91 Å². The van der Waals surface area contributed by atoms with E-state index < -0.39 is 66.0 Å². The van der Waals surface area contributed by atoms with Crippen molar-refractivity contribution in [1.29, 1.82) is 0 Å². The molecule has 1 heterocycles. The fourth-order valence-electron chi connectivity index (χ4n) is 4.95. The highest BCUT2D eigenvalue weighted by atomic mass is 32.2. The Kier molecular flexibility index (Phi) is 12.7. The molecule has 14 heteroatoms. The molecule has 0 spiro atoms. The number of ether oxygens (including phenoxy) is 1. The number of β-lactam (4-membered cyclic amide) rings is 1. The van der Waals surface area contributed by atoms with Crippen molar-refractivity contribution in [3.63, 3.8) is 0 Å². The normalized spacial score (nSPS) is 16.9. The Morgan fingerprint density at radius 2 is 1.57 bits per heavy atom. The Labute approximate surface area is 274 Å². The molecule has 1 aliphatic heterocycles. The molecule has 4 rings (SSSR count). The molecule has 0 aliphatic carbocycles. The summed E-state index contributed by atoms with van der Waals surface area (Å²) in [6.45, 7) is -0.418. The maximum atomic E-state index is 13.6. The second-order valence-electron chi connectivity index (χ2n) is 10.8. The first-order valence-electron chi connectivity index (χ1n) is 14.9. The zero-order valence-electron chi connectivity index (χ0n) is 25.3. The number of aliphatic hydroxyl groups is 1. The topological polar surface area (TPSA) is 171 Å². The molecular formula is C33H36F2N4O7S. The number of unbranched alkanes of at least 4 members (excludes halogenated alkanes) is 1. The Hall–Kier alpha value is -4.53. The van der Waals surface area contributed by atoms with Crippen LogP contribution in [0.2, 0.25) is 0 Å². The quantitative estimate of drug-likeness (QED) is 0.107. The van der Waals surface area contributed by atoms with E-state index in [-0.39, 0.29) is 18.1 Å². The number of aliphatic carboxylic acids is 1. The molecule has 1 saturated heterocycles. The van der Waals surface area contributed by atoms with Gasteiger partial charge >= 0.3 is 5.97 Å². The number of halogens is 2. The van der Waals surface area contributed by atoms with Crippen LogP contribution in [0.1, 0.15) is 42.5 Å². The predicted octanol–water partition coefficient (Wildman–Crippen LogP) is 3.08. The fourth-order valence-corrected chi connectivity index (χ4v) is 6.25. The Balaban J connectivity index is 1.34. The number of carboxylic acids is 1. The lowest BCUT2D eigenvalue weighted by Gasteiger charge is -2.47. The van der Waals surface area contributed by atoms with Crippen LogP contribution in [0.5, 0.6) is 5.75 Å². The number of hydrogen-bond donors (Lipinski definition) is 5. The third kappa shape index (κ3) is 9.73. The molecule has 3 aromatic rings. The number of nitrogens with zero attached hydrogens (tertiary/aromatic N) is 1.